The standard InChI is InChI=1S/C20H18BrN5OS/c1-13(2)26-9-7-17(24-26)19(27)25(12-14-4-3-8-22-11-14)20-23-16-6-5-15(21)10-18(16)28-20/h3-11,13H,12H2,1-2H3. The predicted octanol–water partition coefficient (Wildman–Crippen LogP) is 5.08. The highest BCUT2D eigenvalue weighted by Crippen LogP contribution is 2.32. The number of fused-ring (bicyclic) bond motifs is 1. The first-order valence-corrected chi connectivity index (χ1v) is 10.4. The molecule has 4 rings (SSSR count). The van der Waals surface area contributed by atoms with E-state index >= 15 is 0 Å². The number of carbonyl (C=O) groups is 1. The molecule has 0 aliphatic rings. The highest BCUT2D eigenvalue weighted by atomic mass is 79.9. The maximum absolute atomic E-state index is 13.3. The Morgan fingerprint density at radius 1 is 1.29 bits per heavy atom. The molecule has 0 spiro atoms. The molecule has 0 N–H and O–H groups in total. The van der Waals surface area contributed by atoms with Crippen LogP contribution >= 0.6 is 27.3 Å². The second-order valence-electron chi connectivity index (χ2n) is 6.64. The van der Waals surface area contributed by atoms with Gasteiger partial charge in [0.15, 0.2) is 10.8 Å². The van der Waals surface area contributed by atoms with Crippen LogP contribution in [0, 0.1) is 0 Å². The van der Waals surface area contributed by atoms with Crippen molar-refractivity contribution in [2.45, 2.75) is 26.4 Å². The van der Waals surface area contributed by atoms with Crippen LogP contribution in [-0.2, 0) is 6.54 Å². The van der Waals surface area contributed by atoms with Crippen molar-refractivity contribution >= 4 is 48.5 Å². The van der Waals surface area contributed by atoms with Crippen molar-refractivity contribution in [1.82, 2.24) is 19.7 Å². The third kappa shape index (κ3) is 3.83. The minimum atomic E-state index is -0.179. The Morgan fingerprint density at radius 3 is 2.86 bits per heavy atom. The number of benzene rings is 1. The first-order chi connectivity index (χ1) is 13.5. The van der Waals surface area contributed by atoms with Crippen molar-refractivity contribution in [2.75, 3.05) is 4.90 Å². The summed E-state index contributed by atoms with van der Waals surface area (Å²) in [5.74, 6) is -0.179. The molecule has 0 bridgehead atoms. The second-order valence-corrected chi connectivity index (χ2v) is 8.56. The Labute approximate surface area is 175 Å². The van der Waals surface area contributed by atoms with E-state index in [-0.39, 0.29) is 11.9 Å². The highest BCUT2D eigenvalue weighted by molar-refractivity contribution is 9.10. The summed E-state index contributed by atoms with van der Waals surface area (Å²) in [7, 11) is 0. The van der Waals surface area contributed by atoms with Gasteiger partial charge in [0.1, 0.15) is 0 Å². The van der Waals surface area contributed by atoms with Crippen LogP contribution in [0.15, 0.2) is 59.5 Å². The summed E-state index contributed by atoms with van der Waals surface area (Å²) < 4.78 is 3.78. The lowest BCUT2D eigenvalue weighted by atomic mass is 10.2. The number of anilines is 1. The van der Waals surface area contributed by atoms with Crippen LogP contribution in [0.25, 0.3) is 10.2 Å². The molecule has 0 fully saturated rings. The smallest absolute Gasteiger partial charge is 0.278 e. The van der Waals surface area contributed by atoms with Gasteiger partial charge in [-0.25, -0.2) is 4.98 Å². The minimum absolute atomic E-state index is 0.179. The van der Waals surface area contributed by atoms with Crippen LogP contribution < -0.4 is 4.90 Å². The van der Waals surface area contributed by atoms with E-state index in [2.05, 4.69) is 31.0 Å². The van der Waals surface area contributed by atoms with Gasteiger partial charge in [0.05, 0.1) is 16.8 Å². The van der Waals surface area contributed by atoms with Gasteiger partial charge in [-0.1, -0.05) is 33.3 Å². The van der Waals surface area contributed by atoms with Crippen molar-refractivity contribution in [2.24, 2.45) is 0 Å². The summed E-state index contributed by atoms with van der Waals surface area (Å²) in [6, 6.07) is 11.7. The normalized spacial score (nSPS) is 11.3. The fraction of sp³-hybridized carbons (Fsp3) is 0.200. The molecular weight excluding hydrogens is 438 g/mol. The maximum Gasteiger partial charge on any atom is 0.280 e. The fourth-order valence-electron chi connectivity index (χ4n) is 2.78. The van der Waals surface area contributed by atoms with Gasteiger partial charge >= 0.3 is 0 Å². The summed E-state index contributed by atoms with van der Waals surface area (Å²) >= 11 is 4.98. The van der Waals surface area contributed by atoms with Gasteiger partial charge in [0.25, 0.3) is 5.91 Å². The van der Waals surface area contributed by atoms with Gasteiger partial charge in [-0.05, 0) is 49.7 Å². The second kappa shape index (κ2) is 7.81. The molecule has 3 heterocycles. The molecule has 8 heteroatoms. The lowest BCUT2D eigenvalue weighted by Gasteiger charge is -2.18. The molecule has 0 atom stereocenters. The van der Waals surface area contributed by atoms with E-state index in [0.29, 0.717) is 17.4 Å². The van der Waals surface area contributed by atoms with Gasteiger partial charge in [-0.15, -0.1) is 0 Å². The number of hydrogen-bond acceptors (Lipinski definition) is 5. The molecule has 6 nitrogen and oxygen atoms in total. The molecule has 4 aromatic rings. The Bertz CT molecular complexity index is 1120. The molecule has 142 valence electrons. The average molecular weight is 456 g/mol. The molecule has 0 radical (unpaired) electrons. The number of aromatic nitrogens is 4. The molecule has 0 saturated carbocycles. The third-order valence-electron chi connectivity index (χ3n) is 4.24. The first kappa shape index (κ1) is 18.8. The number of halogens is 1. The Balaban J connectivity index is 1.74. The summed E-state index contributed by atoms with van der Waals surface area (Å²) in [5.41, 5.74) is 2.19. The quantitative estimate of drug-likeness (QED) is 0.420. The largest absolute Gasteiger partial charge is 0.280 e. The molecule has 0 saturated heterocycles. The number of amides is 1. The lowest BCUT2D eigenvalue weighted by Crippen LogP contribution is -2.31. The van der Waals surface area contributed by atoms with E-state index in [1.807, 2.05) is 50.4 Å². The van der Waals surface area contributed by atoms with Crippen LogP contribution in [0.3, 0.4) is 0 Å². The fourth-order valence-corrected chi connectivity index (χ4v) is 4.30. The number of pyridine rings is 1. The van der Waals surface area contributed by atoms with Crippen LogP contribution in [0.5, 0.6) is 0 Å². The first-order valence-electron chi connectivity index (χ1n) is 8.83. The van der Waals surface area contributed by atoms with E-state index in [9.17, 15) is 4.79 Å². The van der Waals surface area contributed by atoms with Gasteiger partial charge in [-0.3, -0.25) is 19.4 Å². The van der Waals surface area contributed by atoms with E-state index < -0.39 is 0 Å². The SMILES string of the molecule is CC(C)n1ccc(C(=O)N(Cc2cccnc2)c2nc3ccc(Br)cc3s2)n1. The Kier molecular flexibility index (Phi) is 5.23. The van der Waals surface area contributed by atoms with Crippen molar-refractivity contribution in [3.8, 4) is 0 Å². The molecule has 1 aromatic carbocycles. The van der Waals surface area contributed by atoms with Gasteiger partial charge in [0.2, 0.25) is 0 Å². The maximum atomic E-state index is 13.3. The van der Waals surface area contributed by atoms with Crippen LogP contribution in [-0.4, -0.2) is 25.7 Å². The number of carbonyl (C=O) groups excluding carboxylic acids is 1. The molecule has 0 aliphatic carbocycles. The van der Waals surface area contributed by atoms with Crippen LogP contribution in [0.1, 0.15) is 35.9 Å². The monoisotopic (exact) mass is 455 g/mol. The molecule has 1 amide bonds. The van der Waals surface area contributed by atoms with Crippen molar-refractivity contribution in [3.05, 3.63) is 70.7 Å². The van der Waals surface area contributed by atoms with Crippen LogP contribution in [0.2, 0.25) is 0 Å². The van der Waals surface area contributed by atoms with Crippen molar-refractivity contribution < 1.29 is 4.79 Å². The highest BCUT2D eigenvalue weighted by Gasteiger charge is 2.24. The van der Waals surface area contributed by atoms with Crippen molar-refractivity contribution in [1.29, 1.82) is 0 Å². The number of thiazole rings is 1. The summed E-state index contributed by atoms with van der Waals surface area (Å²) in [5, 5.41) is 5.08. The molecule has 0 aliphatic heterocycles. The van der Waals surface area contributed by atoms with E-state index in [1.165, 1.54) is 11.3 Å². The number of hydrogen-bond donors (Lipinski definition) is 0. The van der Waals surface area contributed by atoms with Gasteiger partial charge in [0, 0.05) is 29.1 Å². The molecule has 0 unspecified atom stereocenters. The topological polar surface area (TPSA) is 63.9 Å². The zero-order valence-electron chi connectivity index (χ0n) is 15.4. The van der Waals surface area contributed by atoms with Crippen molar-refractivity contribution in [3.63, 3.8) is 0 Å². The minimum Gasteiger partial charge on any atom is -0.278 e. The predicted molar refractivity (Wildman–Crippen MR) is 115 cm³/mol. The Hall–Kier alpha value is -2.58. The summed E-state index contributed by atoms with van der Waals surface area (Å²) in [6.07, 6.45) is 5.31. The Morgan fingerprint density at radius 2 is 2.14 bits per heavy atom. The summed E-state index contributed by atoms with van der Waals surface area (Å²) in [6.45, 7) is 4.43. The molecule has 3 aromatic heterocycles. The van der Waals surface area contributed by atoms with Gasteiger partial charge < -0.3 is 0 Å². The summed E-state index contributed by atoms with van der Waals surface area (Å²) in [4.78, 5) is 23.8. The van der Waals surface area contributed by atoms with Gasteiger partial charge in [-0.2, -0.15) is 5.10 Å². The van der Waals surface area contributed by atoms with Crippen LogP contribution in [0.4, 0.5) is 5.13 Å². The van der Waals surface area contributed by atoms with E-state index in [1.54, 1.807) is 28.0 Å². The number of nitrogens with zero attached hydrogens (tertiary/aromatic N) is 5. The molecular formula is C20H18BrN5OS. The zero-order chi connectivity index (χ0) is 19.7. The zero-order valence-corrected chi connectivity index (χ0v) is 17.8. The number of rotatable bonds is 5. The third-order valence-corrected chi connectivity index (χ3v) is 5.77. The molecule has 28 heavy (non-hydrogen) atoms. The van der Waals surface area contributed by atoms with E-state index in [4.69, 9.17) is 0 Å². The van der Waals surface area contributed by atoms with E-state index in [0.717, 1.165) is 20.3 Å². The lowest BCUT2D eigenvalue weighted by molar-refractivity contribution is 0.0979. The average Bonchev–Trinajstić information content (AvgIpc) is 3.33.